The molecule has 2 aliphatic heterocycles. The van der Waals surface area contributed by atoms with Crippen LogP contribution in [0.25, 0.3) is 0 Å². The number of benzene rings is 1. The Kier molecular flexibility index (Phi) is 4.93. The first kappa shape index (κ1) is 16.1. The predicted molar refractivity (Wildman–Crippen MR) is 87.2 cm³/mol. The molecule has 2 unspecified atom stereocenters. The van der Waals surface area contributed by atoms with Crippen molar-refractivity contribution in [3.8, 4) is 0 Å². The van der Waals surface area contributed by atoms with E-state index >= 15 is 0 Å². The number of nitrogens with one attached hydrogen (secondary N) is 1. The van der Waals surface area contributed by atoms with Crippen molar-refractivity contribution in [1.29, 1.82) is 0 Å². The number of piperidine rings is 1. The van der Waals surface area contributed by atoms with Gasteiger partial charge in [-0.05, 0) is 30.5 Å². The maximum Gasteiger partial charge on any atom is 0.217 e. The molecule has 22 heavy (non-hydrogen) atoms. The molecule has 1 aromatic rings. The molecule has 0 spiro atoms. The maximum absolute atomic E-state index is 11.3. The molecule has 2 heterocycles. The van der Waals surface area contributed by atoms with Gasteiger partial charge >= 0.3 is 0 Å². The number of amides is 1. The Morgan fingerprint density at radius 1 is 1.27 bits per heavy atom. The summed E-state index contributed by atoms with van der Waals surface area (Å²) in [6.45, 7) is 3.85. The van der Waals surface area contributed by atoms with Crippen molar-refractivity contribution in [3.05, 3.63) is 33.8 Å². The van der Waals surface area contributed by atoms with Crippen molar-refractivity contribution in [2.24, 2.45) is 0 Å². The molecule has 2 aliphatic rings. The van der Waals surface area contributed by atoms with Crippen LogP contribution in [0.5, 0.6) is 0 Å². The molecular weight excluding hydrogens is 323 g/mol. The zero-order chi connectivity index (χ0) is 15.7. The summed E-state index contributed by atoms with van der Waals surface area (Å²) in [6, 6.07) is 6.71. The third-order valence-electron chi connectivity index (χ3n) is 4.43. The van der Waals surface area contributed by atoms with Crippen molar-refractivity contribution < 1.29 is 9.53 Å². The number of ether oxygens (including phenoxy) is 1. The van der Waals surface area contributed by atoms with E-state index < -0.39 is 0 Å². The Morgan fingerprint density at radius 3 is 2.55 bits per heavy atom. The molecule has 6 heteroatoms. The van der Waals surface area contributed by atoms with E-state index in [-0.39, 0.29) is 11.9 Å². The topological polar surface area (TPSA) is 41.6 Å². The van der Waals surface area contributed by atoms with Crippen LogP contribution in [0.1, 0.15) is 25.3 Å². The second-order valence-electron chi connectivity index (χ2n) is 6.13. The lowest BCUT2D eigenvalue weighted by molar-refractivity contribution is -0.122. The standard InChI is InChI=1S/C16H20Cl2N2O2/c1-10(21)19-12-5-13-8-22-9-14(6-12)20(13)7-11-2-3-15(17)16(18)4-11/h2-4,12-14H,5-9H2,1H3,(H,19,21). The zero-order valence-corrected chi connectivity index (χ0v) is 14.0. The molecule has 0 aromatic heterocycles. The second kappa shape index (κ2) is 6.75. The summed E-state index contributed by atoms with van der Waals surface area (Å²) in [6.07, 6.45) is 1.86. The third-order valence-corrected chi connectivity index (χ3v) is 5.17. The van der Waals surface area contributed by atoms with Crippen LogP contribution in [0.3, 0.4) is 0 Å². The van der Waals surface area contributed by atoms with E-state index in [2.05, 4.69) is 10.2 Å². The van der Waals surface area contributed by atoms with Crippen LogP contribution in [0.4, 0.5) is 0 Å². The third kappa shape index (κ3) is 3.57. The Hall–Kier alpha value is -0.810. The molecule has 3 rings (SSSR count). The first-order chi connectivity index (χ1) is 10.5. The van der Waals surface area contributed by atoms with E-state index in [1.54, 1.807) is 6.92 Å². The molecule has 2 atom stereocenters. The number of rotatable bonds is 3. The Morgan fingerprint density at radius 2 is 1.95 bits per heavy atom. The highest BCUT2D eigenvalue weighted by molar-refractivity contribution is 6.42. The summed E-state index contributed by atoms with van der Waals surface area (Å²) in [7, 11) is 0. The minimum atomic E-state index is 0.0434. The highest BCUT2D eigenvalue weighted by atomic mass is 35.5. The zero-order valence-electron chi connectivity index (χ0n) is 12.5. The normalized spacial score (nSPS) is 28.4. The lowest BCUT2D eigenvalue weighted by atomic mass is 9.89. The monoisotopic (exact) mass is 342 g/mol. The minimum absolute atomic E-state index is 0.0434. The largest absolute Gasteiger partial charge is 0.378 e. The lowest BCUT2D eigenvalue weighted by Gasteiger charge is -2.48. The number of hydrogen-bond donors (Lipinski definition) is 1. The summed E-state index contributed by atoms with van der Waals surface area (Å²) < 4.78 is 5.70. The summed E-state index contributed by atoms with van der Waals surface area (Å²) in [5.41, 5.74) is 1.16. The van der Waals surface area contributed by atoms with Crippen molar-refractivity contribution in [3.63, 3.8) is 0 Å². The van der Waals surface area contributed by atoms with Crippen LogP contribution < -0.4 is 5.32 Å². The fraction of sp³-hybridized carbons (Fsp3) is 0.562. The Bertz CT molecular complexity index is 553. The van der Waals surface area contributed by atoms with Crippen LogP contribution in [0.15, 0.2) is 18.2 Å². The van der Waals surface area contributed by atoms with Gasteiger partial charge in [-0.25, -0.2) is 0 Å². The van der Waals surface area contributed by atoms with Crippen molar-refractivity contribution >= 4 is 29.1 Å². The average molecular weight is 343 g/mol. The summed E-state index contributed by atoms with van der Waals surface area (Å²) in [5, 5.41) is 4.22. The minimum Gasteiger partial charge on any atom is -0.378 e. The summed E-state index contributed by atoms with van der Waals surface area (Å²) in [4.78, 5) is 13.8. The van der Waals surface area contributed by atoms with Gasteiger partial charge in [0.05, 0.1) is 23.3 Å². The predicted octanol–water partition coefficient (Wildman–Crippen LogP) is 2.86. The van der Waals surface area contributed by atoms with Crippen LogP contribution in [-0.4, -0.2) is 42.1 Å². The van der Waals surface area contributed by atoms with E-state index in [9.17, 15) is 4.79 Å². The molecule has 2 bridgehead atoms. The van der Waals surface area contributed by atoms with Crippen molar-refractivity contribution in [2.45, 2.75) is 44.4 Å². The van der Waals surface area contributed by atoms with Crippen molar-refractivity contribution in [1.82, 2.24) is 10.2 Å². The summed E-state index contributed by atoms with van der Waals surface area (Å²) >= 11 is 12.1. The van der Waals surface area contributed by atoms with Gasteiger partial charge in [-0.2, -0.15) is 0 Å². The van der Waals surface area contributed by atoms with Gasteiger partial charge in [-0.1, -0.05) is 29.3 Å². The molecule has 0 saturated carbocycles. The lowest BCUT2D eigenvalue weighted by Crippen LogP contribution is -2.60. The molecule has 1 aromatic carbocycles. The SMILES string of the molecule is CC(=O)NC1CC2COCC(C1)N2Cc1ccc(Cl)c(Cl)c1. The van der Waals surface area contributed by atoms with Gasteiger partial charge in [0, 0.05) is 31.6 Å². The van der Waals surface area contributed by atoms with Crippen LogP contribution in [0.2, 0.25) is 10.0 Å². The molecule has 4 nitrogen and oxygen atoms in total. The number of halogens is 2. The number of fused-ring (bicyclic) bond motifs is 2. The van der Waals surface area contributed by atoms with Gasteiger partial charge in [-0.15, -0.1) is 0 Å². The highest BCUT2D eigenvalue weighted by Gasteiger charge is 2.39. The van der Waals surface area contributed by atoms with E-state index in [0.29, 0.717) is 35.3 Å². The molecule has 0 radical (unpaired) electrons. The van der Waals surface area contributed by atoms with Gasteiger partial charge in [0.2, 0.25) is 5.91 Å². The molecule has 120 valence electrons. The Balaban J connectivity index is 1.71. The highest BCUT2D eigenvalue weighted by Crippen LogP contribution is 2.31. The van der Waals surface area contributed by atoms with Gasteiger partial charge in [-0.3, -0.25) is 9.69 Å². The molecule has 1 N–H and O–H groups in total. The molecule has 0 aliphatic carbocycles. The van der Waals surface area contributed by atoms with Crippen molar-refractivity contribution in [2.75, 3.05) is 13.2 Å². The quantitative estimate of drug-likeness (QED) is 0.918. The number of carbonyl (C=O) groups is 1. The fourth-order valence-corrected chi connectivity index (χ4v) is 3.82. The first-order valence-corrected chi connectivity index (χ1v) is 8.33. The number of morpholine rings is 1. The maximum atomic E-state index is 11.3. The van der Waals surface area contributed by atoms with Gasteiger partial charge in [0.1, 0.15) is 0 Å². The van der Waals surface area contributed by atoms with Gasteiger partial charge < -0.3 is 10.1 Å². The number of carbonyl (C=O) groups excluding carboxylic acids is 1. The molecule has 1 amide bonds. The van der Waals surface area contributed by atoms with E-state index in [1.807, 2.05) is 18.2 Å². The number of hydrogen-bond acceptors (Lipinski definition) is 3. The van der Waals surface area contributed by atoms with E-state index in [4.69, 9.17) is 27.9 Å². The van der Waals surface area contributed by atoms with E-state index in [1.165, 1.54) is 0 Å². The van der Waals surface area contributed by atoms with Crippen LogP contribution in [-0.2, 0) is 16.1 Å². The van der Waals surface area contributed by atoms with Gasteiger partial charge in [0.25, 0.3) is 0 Å². The number of nitrogens with zero attached hydrogens (tertiary/aromatic N) is 1. The van der Waals surface area contributed by atoms with Crippen LogP contribution in [0, 0.1) is 0 Å². The molecular formula is C16H20Cl2N2O2. The van der Waals surface area contributed by atoms with Crippen LogP contribution >= 0.6 is 23.2 Å². The smallest absolute Gasteiger partial charge is 0.217 e. The molecule has 2 saturated heterocycles. The first-order valence-electron chi connectivity index (χ1n) is 7.57. The molecule has 2 fully saturated rings. The fourth-order valence-electron chi connectivity index (χ4n) is 3.50. The Labute approximate surface area is 140 Å². The van der Waals surface area contributed by atoms with E-state index in [0.717, 1.165) is 24.9 Å². The average Bonchev–Trinajstić information content (AvgIpc) is 2.43. The summed E-state index contributed by atoms with van der Waals surface area (Å²) in [5.74, 6) is 0.0434. The second-order valence-corrected chi connectivity index (χ2v) is 6.95. The van der Waals surface area contributed by atoms with Gasteiger partial charge in [0.15, 0.2) is 0 Å².